The predicted molar refractivity (Wildman–Crippen MR) is 126 cm³/mol. The number of benzene rings is 1. The largest absolute Gasteiger partial charge is 0.427 e. The number of fused-ring (bicyclic) bond motifs is 1. The fourth-order valence-electron chi connectivity index (χ4n) is 4.01. The van der Waals surface area contributed by atoms with Crippen LogP contribution in [-0.2, 0) is 23.9 Å². The molecule has 1 aromatic carbocycles. The standard InChI is InChI=1S/C24H30N2O6S/c1-13(27)18-17-11-16(14-7-9-15(10-8-14)21(33)25(5)6)19(26(17)20(18)28)22(29)31-12-32-23(30)24(2,3)4/h7-10,13,17-18,27H,11-12H2,1-6H3. The molecule has 2 heterocycles. The molecule has 1 fully saturated rings. The van der Waals surface area contributed by atoms with Gasteiger partial charge in [0.25, 0.3) is 0 Å². The molecule has 0 aliphatic carbocycles. The molecule has 1 aromatic rings. The van der Waals surface area contributed by atoms with Crippen molar-refractivity contribution in [2.45, 2.75) is 46.3 Å². The van der Waals surface area contributed by atoms with Gasteiger partial charge < -0.3 is 24.4 Å². The van der Waals surface area contributed by atoms with Gasteiger partial charge >= 0.3 is 11.9 Å². The van der Waals surface area contributed by atoms with Crippen LogP contribution >= 0.6 is 12.2 Å². The second kappa shape index (κ2) is 9.23. The summed E-state index contributed by atoms with van der Waals surface area (Å²) < 4.78 is 10.3. The Morgan fingerprint density at radius 3 is 2.33 bits per heavy atom. The van der Waals surface area contributed by atoms with Crippen molar-refractivity contribution in [2.24, 2.45) is 11.3 Å². The minimum absolute atomic E-state index is 0.122. The summed E-state index contributed by atoms with van der Waals surface area (Å²) >= 11 is 5.41. The summed E-state index contributed by atoms with van der Waals surface area (Å²) in [5.74, 6) is -2.16. The number of nitrogens with zero attached hydrogens (tertiary/aromatic N) is 2. The summed E-state index contributed by atoms with van der Waals surface area (Å²) in [5, 5.41) is 10.0. The molecule has 1 N–H and O–H groups in total. The van der Waals surface area contributed by atoms with Crippen molar-refractivity contribution in [3.05, 3.63) is 41.1 Å². The van der Waals surface area contributed by atoms with E-state index in [9.17, 15) is 19.5 Å². The van der Waals surface area contributed by atoms with Crippen LogP contribution in [0, 0.1) is 11.3 Å². The minimum atomic E-state index is -0.831. The molecule has 178 valence electrons. The van der Waals surface area contributed by atoms with Crippen molar-refractivity contribution >= 4 is 40.6 Å². The highest BCUT2D eigenvalue weighted by Gasteiger charge is 2.57. The summed E-state index contributed by atoms with van der Waals surface area (Å²) in [6.07, 6.45) is -0.423. The molecule has 0 spiro atoms. The quantitative estimate of drug-likeness (QED) is 0.291. The number of amides is 1. The summed E-state index contributed by atoms with van der Waals surface area (Å²) in [6, 6.07) is 7.10. The fourth-order valence-corrected chi connectivity index (χ4v) is 4.15. The highest BCUT2D eigenvalue weighted by Crippen LogP contribution is 2.47. The Labute approximate surface area is 199 Å². The molecule has 0 bridgehead atoms. The number of rotatable bonds is 6. The number of ether oxygens (including phenoxy) is 2. The number of aliphatic hydroxyl groups excluding tert-OH is 1. The van der Waals surface area contributed by atoms with Crippen molar-refractivity contribution in [1.29, 1.82) is 0 Å². The number of carbonyl (C=O) groups excluding carboxylic acids is 3. The van der Waals surface area contributed by atoms with Crippen LogP contribution in [0.15, 0.2) is 30.0 Å². The molecule has 33 heavy (non-hydrogen) atoms. The first-order valence-corrected chi connectivity index (χ1v) is 11.2. The molecule has 1 saturated heterocycles. The molecule has 8 nitrogen and oxygen atoms in total. The van der Waals surface area contributed by atoms with Crippen LogP contribution in [0.3, 0.4) is 0 Å². The van der Waals surface area contributed by atoms with E-state index >= 15 is 0 Å². The third kappa shape index (κ3) is 4.79. The van der Waals surface area contributed by atoms with Gasteiger partial charge in [-0.3, -0.25) is 9.59 Å². The lowest BCUT2D eigenvalue weighted by molar-refractivity contribution is -0.175. The van der Waals surface area contributed by atoms with Gasteiger partial charge in [-0.2, -0.15) is 0 Å². The summed E-state index contributed by atoms with van der Waals surface area (Å²) in [6.45, 7) is 6.10. The number of hydrogen-bond acceptors (Lipinski definition) is 7. The maximum atomic E-state index is 13.0. The number of carbonyl (C=O) groups is 3. The Morgan fingerprint density at radius 1 is 1.21 bits per heavy atom. The summed E-state index contributed by atoms with van der Waals surface area (Å²) in [7, 11) is 3.73. The normalized spacial score (nSPS) is 20.7. The van der Waals surface area contributed by atoms with E-state index in [2.05, 4.69) is 0 Å². The van der Waals surface area contributed by atoms with Crippen molar-refractivity contribution in [3.8, 4) is 0 Å². The molecule has 3 rings (SSSR count). The van der Waals surface area contributed by atoms with Crippen LogP contribution in [0.2, 0.25) is 0 Å². The van der Waals surface area contributed by atoms with E-state index in [0.717, 1.165) is 11.1 Å². The predicted octanol–water partition coefficient (Wildman–Crippen LogP) is 2.34. The molecule has 3 unspecified atom stereocenters. The number of β-lactam (4-membered cyclic amide) rings is 1. The van der Waals surface area contributed by atoms with Crippen LogP contribution in [-0.4, -0.2) is 70.8 Å². The highest BCUT2D eigenvalue weighted by molar-refractivity contribution is 7.80. The smallest absolute Gasteiger partial charge is 0.358 e. The first-order chi connectivity index (χ1) is 15.3. The zero-order valence-corrected chi connectivity index (χ0v) is 20.6. The van der Waals surface area contributed by atoms with Gasteiger partial charge in [-0.05, 0) is 45.3 Å². The van der Waals surface area contributed by atoms with Crippen molar-refractivity contribution in [2.75, 3.05) is 20.9 Å². The van der Waals surface area contributed by atoms with Crippen LogP contribution in [0.1, 0.15) is 45.2 Å². The molecule has 2 aliphatic heterocycles. The van der Waals surface area contributed by atoms with Gasteiger partial charge in [-0.25, -0.2) is 4.79 Å². The fraction of sp³-hybridized carbons (Fsp3) is 0.500. The van der Waals surface area contributed by atoms with Gasteiger partial charge in [0.15, 0.2) is 0 Å². The first-order valence-electron chi connectivity index (χ1n) is 10.7. The lowest BCUT2D eigenvalue weighted by Crippen LogP contribution is -2.61. The topological polar surface area (TPSA) is 96.4 Å². The van der Waals surface area contributed by atoms with Gasteiger partial charge in [-0.1, -0.05) is 36.5 Å². The van der Waals surface area contributed by atoms with E-state index < -0.39 is 36.2 Å². The average Bonchev–Trinajstić information content (AvgIpc) is 3.07. The highest BCUT2D eigenvalue weighted by atomic mass is 32.1. The first kappa shape index (κ1) is 24.9. The Bertz CT molecular complexity index is 1010. The Balaban J connectivity index is 1.87. The zero-order valence-electron chi connectivity index (χ0n) is 19.7. The molecule has 3 atom stereocenters. The van der Waals surface area contributed by atoms with E-state index in [1.165, 1.54) is 4.90 Å². The third-order valence-electron chi connectivity index (χ3n) is 5.80. The van der Waals surface area contributed by atoms with E-state index in [-0.39, 0.29) is 17.6 Å². The second-order valence-corrected chi connectivity index (χ2v) is 9.97. The average molecular weight is 475 g/mol. The monoisotopic (exact) mass is 474 g/mol. The van der Waals surface area contributed by atoms with Crippen LogP contribution in [0.4, 0.5) is 0 Å². The molecule has 9 heteroatoms. The number of hydrogen-bond donors (Lipinski definition) is 1. The van der Waals surface area contributed by atoms with E-state index in [1.807, 2.05) is 43.3 Å². The third-order valence-corrected chi connectivity index (χ3v) is 6.40. The Kier molecular flexibility index (Phi) is 6.95. The number of aliphatic hydroxyl groups is 1. The van der Waals surface area contributed by atoms with Crippen molar-refractivity contribution < 1.29 is 29.0 Å². The second-order valence-electron chi connectivity index (χ2n) is 9.58. The van der Waals surface area contributed by atoms with Gasteiger partial charge in [-0.15, -0.1) is 0 Å². The van der Waals surface area contributed by atoms with Gasteiger partial charge in [0.2, 0.25) is 12.7 Å². The van der Waals surface area contributed by atoms with Crippen molar-refractivity contribution in [3.63, 3.8) is 0 Å². The number of thiocarbonyl (C=S) groups is 1. The van der Waals surface area contributed by atoms with E-state index in [4.69, 9.17) is 21.7 Å². The van der Waals surface area contributed by atoms with E-state index in [0.29, 0.717) is 17.0 Å². The van der Waals surface area contributed by atoms with Gasteiger partial charge in [0.1, 0.15) is 10.7 Å². The maximum absolute atomic E-state index is 13.0. The molecule has 0 aromatic heterocycles. The molecule has 0 saturated carbocycles. The lowest BCUT2D eigenvalue weighted by Gasteiger charge is -2.44. The SMILES string of the molecule is CC(O)C1C(=O)N2C(C(=O)OCOC(=O)C(C)(C)C)=C(c3ccc(C(=S)N(C)C)cc3)CC12. The molecule has 1 amide bonds. The van der Waals surface area contributed by atoms with Crippen molar-refractivity contribution in [1.82, 2.24) is 9.80 Å². The van der Waals surface area contributed by atoms with E-state index in [1.54, 1.807) is 27.7 Å². The Morgan fingerprint density at radius 2 is 1.82 bits per heavy atom. The zero-order chi connectivity index (χ0) is 24.7. The van der Waals surface area contributed by atoms with Gasteiger partial charge in [0, 0.05) is 19.7 Å². The summed E-state index contributed by atoms with van der Waals surface area (Å²) in [5.41, 5.74) is 1.65. The molecule has 0 radical (unpaired) electrons. The minimum Gasteiger partial charge on any atom is -0.427 e. The summed E-state index contributed by atoms with van der Waals surface area (Å²) in [4.78, 5) is 41.6. The van der Waals surface area contributed by atoms with Crippen LogP contribution < -0.4 is 0 Å². The molecule has 2 aliphatic rings. The van der Waals surface area contributed by atoms with Gasteiger partial charge in [0.05, 0.1) is 23.5 Å². The number of esters is 2. The maximum Gasteiger partial charge on any atom is 0.358 e. The Hall–Kier alpha value is -2.78. The molecular weight excluding hydrogens is 444 g/mol. The molecular formula is C24H30N2O6S. The van der Waals surface area contributed by atoms with Crippen LogP contribution in [0.25, 0.3) is 5.57 Å². The lowest BCUT2D eigenvalue weighted by atomic mass is 9.82. The van der Waals surface area contributed by atoms with Crippen LogP contribution in [0.5, 0.6) is 0 Å².